The lowest BCUT2D eigenvalue weighted by Gasteiger charge is -2.48. The summed E-state index contributed by atoms with van der Waals surface area (Å²) in [4.78, 5) is 13.4. The minimum absolute atomic E-state index is 0.232. The van der Waals surface area contributed by atoms with E-state index in [-0.39, 0.29) is 5.57 Å². The Balaban J connectivity index is 1.05. The van der Waals surface area contributed by atoms with Gasteiger partial charge in [0.1, 0.15) is 122 Å². The van der Waals surface area contributed by atoms with Gasteiger partial charge in [-0.15, -0.1) is 0 Å². The maximum Gasteiger partial charge on any atom is 0.335 e. The summed E-state index contributed by atoms with van der Waals surface area (Å²) in [5.74, 6) is 0.239. The molecule has 15 N–H and O–H groups in total. The highest BCUT2D eigenvalue weighted by Crippen LogP contribution is 2.35. The zero-order valence-corrected chi connectivity index (χ0v) is 44.9. The van der Waals surface area contributed by atoms with Crippen molar-refractivity contribution in [2.24, 2.45) is 11.8 Å². The fraction of sp³-hybridized carbons (Fsp3) is 0.940. The lowest BCUT2D eigenvalue weighted by atomic mass is 9.94. The maximum atomic E-state index is 13.4. The Kier molecular flexibility index (Phi) is 24.6. The first-order valence-corrected chi connectivity index (χ1v) is 27.3. The van der Waals surface area contributed by atoms with Gasteiger partial charge in [0.05, 0.1) is 46.2 Å². The molecule has 0 aromatic carbocycles. The second-order valence-electron chi connectivity index (χ2n) is 21.8. The molecule has 0 aromatic rings. The van der Waals surface area contributed by atoms with Crippen molar-refractivity contribution in [2.75, 3.05) is 46.2 Å². The second kappa shape index (κ2) is 29.9. The zero-order chi connectivity index (χ0) is 58.3. The first-order chi connectivity index (χ1) is 38.0. The van der Waals surface area contributed by atoms with E-state index >= 15 is 0 Å². The van der Waals surface area contributed by atoms with Gasteiger partial charge in [0.15, 0.2) is 43.8 Å². The molecule has 0 radical (unpaired) electrons. The molecule has 0 saturated carbocycles. The van der Waals surface area contributed by atoms with Crippen LogP contribution < -0.4 is 0 Å². The van der Waals surface area contributed by atoms with Crippen LogP contribution in [0.3, 0.4) is 0 Å². The molecular weight excluding hydrogens is 1080 g/mol. The van der Waals surface area contributed by atoms with Gasteiger partial charge in [-0.2, -0.15) is 0 Å². The van der Waals surface area contributed by atoms with E-state index in [0.717, 1.165) is 32.1 Å². The Labute approximate surface area is 461 Å². The molecular formula is C50H84O30. The lowest BCUT2D eigenvalue weighted by molar-refractivity contribution is -0.400. The summed E-state index contributed by atoms with van der Waals surface area (Å²) >= 11 is 0. The van der Waals surface area contributed by atoms with Gasteiger partial charge in [0.25, 0.3) is 0 Å². The molecule has 7 fully saturated rings. The van der Waals surface area contributed by atoms with Crippen LogP contribution in [0.1, 0.15) is 66.2 Å². The molecule has 0 spiro atoms. The number of esters is 1. The van der Waals surface area contributed by atoms with Crippen LogP contribution in [0.4, 0.5) is 0 Å². The average Bonchev–Trinajstić information content (AvgIpc) is 3.43. The van der Waals surface area contributed by atoms with Crippen LogP contribution in [0, 0.1) is 11.8 Å². The minimum atomic E-state index is -1.96. The zero-order valence-electron chi connectivity index (χ0n) is 44.9. The number of ether oxygens (including phenoxy) is 14. The van der Waals surface area contributed by atoms with E-state index in [0.29, 0.717) is 18.3 Å². The number of hydrogen-bond donors (Lipinski definition) is 15. The fourth-order valence-corrected chi connectivity index (χ4v) is 10.0. The number of aliphatic hydroxyl groups excluding tert-OH is 15. The van der Waals surface area contributed by atoms with Crippen molar-refractivity contribution in [3.8, 4) is 0 Å². The van der Waals surface area contributed by atoms with E-state index in [1.807, 2.05) is 0 Å². The summed E-state index contributed by atoms with van der Waals surface area (Å²) in [5.41, 5.74) is 0.232. The molecule has 7 rings (SSSR count). The summed E-state index contributed by atoms with van der Waals surface area (Å²) < 4.78 is 81.0. The van der Waals surface area contributed by atoms with E-state index in [4.69, 9.17) is 66.3 Å². The van der Waals surface area contributed by atoms with Crippen molar-refractivity contribution < 1.29 is 148 Å². The molecule has 7 aliphatic rings. The van der Waals surface area contributed by atoms with Crippen LogP contribution in [-0.2, 0) is 71.1 Å². The lowest BCUT2D eigenvalue weighted by Crippen LogP contribution is -2.65. The minimum Gasteiger partial charge on any atom is -0.429 e. The predicted molar refractivity (Wildman–Crippen MR) is 259 cm³/mol. The standard InChI is InChI=1S/C50H84O30/c1-5-19(2)8-6-9-20(3)10-7-11-21(4)43(66)80-50-42(35(64)28(57)18-73-50)79-49-41(34(63)27(56)17-72-49)78-48-40(33(62)26(55)16-71-48)77-47-39(32(61)25(54)15-70-47)76-46-38(31(60)24(53)14-69-46)75-45-37(30(59)23(52)13-68-45)74-44-36(65)29(58)22(51)12-67-44/h11,19-20,22-42,44-65H,5-10,12-18H2,1-4H3/t19-,20-,22+,23+,24+,25+,26+,27+,28+,29+,30+,31+,32+,33+,34+,35+,36-,37-,38-,39-,40-,41-,42-,44+,45+,46+,47+,48+,49+,50+/m1/s1. The van der Waals surface area contributed by atoms with E-state index in [2.05, 4.69) is 20.8 Å². The van der Waals surface area contributed by atoms with Crippen LogP contribution in [0.2, 0.25) is 0 Å². The van der Waals surface area contributed by atoms with Gasteiger partial charge in [-0.3, -0.25) is 0 Å². The molecule has 30 atom stereocenters. The van der Waals surface area contributed by atoms with Gasteiger partial charge in [-0.1, -0.05) is 52.5 Å². The van der Waals surface area contributed by atoms with Crippen molar-refractivity contribution in [1.29, 1.82) is 0 Å². The van der Waals surface area contributed by atoms with Crippen molar-refractivity contribution in [3.05, 3.63) is 11.6 Å². The highest BCUT2D eigenvalue weighted by atomic mass is 16.8. The Morgan fingerprint density at radius 2 is 0.675 bits per heavy atom. The van der Waals surface area contributed by atoms with E-state index in [9.17, 15) is 81.4 Å². The van der Waals surface area contributed by atoms with Crippen molar-refractivity contribution in [1.82, 2.24) is 0 Å². The maximum absolute atomic E-state index is 13.4. The van der Waals surface area contributed by atoms with E-state index < -0.39 is 224 Å². The van der Waals surface area contributed by atoms with Gasteiger partial charge < -0.3 is 143 Å². The van der Waals surface area contributed by atoms with Crippen molar-refractivity contribution in [2.45, 2.75) is 238 Å². The monoisotopic (exact) mass is 1160 g/mol. The Morgan fingerprint density at radius 3 is 1.01 bits per heavy atom. The Morgan fingerprint density at radius 1 is 0.400 bits per heavy atom. The van der Waals surface area contributed by atoms with Crippen LogP contribution in [0.15, 0.2) is 11.6 Å². The van der Waals surface area contributed by atoms with Gasteiger partial charge in [-0.25, -0.2) is 4.79 Å². The highest BCUT2D eigenvalue weighted by Gasteiger charge is 2.55. The highest BCUT2D eigenvalue weighted by molar-refractivity contribution is 5.87. The number of carbonyl (C=O) groups is 1. The number of carbonyl (C=O) groups excluding carboxylic acids is 1. The van der Waals surface area contributed by atoms with Gasteiger partial charge >= 0.3 is 5.97 Å². The number of rotatable bonds is 22. The predicted octanol–water partition coefficient (Wildman–Crippen LogP) is -6.67. The first kappa shape index (κ1) is 65.6. The van der Waals surface area contributed by atoms with Gasteiger partial charge in [-0.05, 0) is 31.6 Å². The van der Waals surface area contributed by atoms with E-state index in [1.165, 1.54) is 0 Å². The van der Waals surface area contributed by atoms with Crippen LogP contribution in [0.25, 0.3) is 0 Å². The molecule has 80 heavy (non-hydrogen) atoms. The van der Waals surface area contributed by atoms with Crippen LogP contribution >= 0.6 is 0 Å². The van der Waals surface area contributed by atoms with Gasteiger partial charge in [0, 0.05) is 5.57 Å². The van der Waals surface area contributed by atoms with Crippen molar-refractivity contribution in [3.63, 3.8) is 0 Å². The van der Waals surface area contributed by atoms with Crippen molar-refractivity contribution >= 4 is 5.97 Å². The number of hydrogen-bond acceptors (Lipinski definition) is 30. The second-order valence-corrected chi connectivity index (χ2v) is 21.8. The summed E-state index contributed by atoms with van der Waals surface area (Å²) in [6.07, 6.45) is -42.8. The normalized spacial score (nSPS) is 46.9. The molecule has 0 unspecified atom stereocenters. The molecule has 7 aliphatic heterocycles. The van der Waals surface area contributed by atoms with Crippen LogP contribution in [-0.4, -0.2) is 301 Å². The third kappa shape index (κ3) is 16.1. The third-order valence-electron chi connectivity index (χ3n) is 15.5. The summed E-state index contributed by atoms with van der Waals surface area (Å²) in [6, 6.07) is 0. The smallest absolute Gasteiger partial charge is 0.335 e. The number of aliphatic hydroxyl groups is 15. The molecule has 464 valence electrons. The Hall–Kier alpha value is -1.91. The molecule has 30 heteroatoms. The van der Waals surface area contributed by atoms with Gasteiger partial charge in [0.2, 0.25) is 6.29 Å². The average molecular weight is 1170 g/mol. The topological polar surface area (TPSA) is 450 Å². The van der Waals surface area contributed by atoms with E-state index in [1.54, 1.807) is 13.0 Å². The fourth-order valence-electron chi connectivity index (χ4n) is 10.0. The molecule has 7 saturated heterocycles. The molecule has 0 aliphatic carbocycles. The molecule has 7 heterocycles. The first-order valence-electron chi connectivity index (χ1n) is 27.3. The summed E-state index contributed by atoms with van der Waals surface area (Å²) in [5, 5.41) is 163. The SMILES string of the molecule is CC[C@@H](C)CCC[C@@H](C)CCC=C(C)C(=O)O[C@@H]1OC[C@H](O)[C@H](O)[C@H]1O[C@@H]1OC[C@H](O)[C@H](O)[C@H]1O[C@@H]1OC[C@H](O)[C@H](O)[C@H]1O[C@@H]1OC[C@H](O)[C@H](O)[C@H]1O[C@@H]1OC[C@H](O)[C@H](O)[C@H]1O[C@@H]1OC[C@H](O)[C@H](O)[C@H]1O[C@@H]1OC[C@H](O)[C@H](O)[C@H]1O. The molecule has 0 aromatic heterocycles. The number of allylic oxidation sites excluding steroid dienone is 1. The molecule has 0 bridgehead atoms. The quantitative estimate of drug-likeness (QED) is 0.0354. The van der Waals surface area contributed by atoms with Crippen LogP contribution in [0.5, 0.6) is 0 Å². The Bertz CT molecular complexity index is 1910. The molecule has 0 amide bonds. The summed E-state index contributed by atoms with van der Waals surface area (Å²) in [6.45, 7) is 3.96. The molecule has 30 nitrogen and oxygen atoms in total. The summed E-state index contributed by atoms with van der Waals surface area (Å²) in [7, 11) is 0. The largest absolute Gasteiger partial charge is 0.429 e. The third-order valence-corrected chi connectivity index (χ3v) is 15.5.